The van der Waals surface area contributed by atoms with Crippen molar-refractivity contribution in [1.82, 2.24) is 10.3 Å². The number of rotatable bonds is 6. The molecular weight excluding hydrogens is 296 g/mol. The van der Waals surface area contributed by atoms with E-state index in [4.69, 9.17) is 0 Å². The highest BCUT2D eigenvalue weighted by molar-refractivity contribution is 7.99. The molecule has 21 heavy (non-hydrogen) atoms. The monoisotopic (exact) mass is 314 g/mol. The van der Waals surface area contributed by atoms with Crippen molar-refractivity contribution in [3.05, 3.63) is 59.6 Å². The molecule has 0 spiro atoms. The smallest absolute Gasteiger partial charge is 0.0809 e. The number of aromatic nitrogens is 1. The van der Waals surface area contributed by atoms with Gasteiger partial charge in [0, 0.05) is 29.4 Å². The lowest BCUT2D eigenvalue weighted by Gasteiger charge is -2.13. The van der Waals surface area contributed by atoms with Crippen LogP contribution in [0.1, 0.15) is 18.5 Å². The zero-order chi connectivity index (χ0) is 14.5. The van der Waals surface area contributed by atoms with Crippen molar-refractivity contribution in [3.8, 4) is 0 Å². The third kappa shape index (κ3) is 3.84. The number of hydrogen-bond acceptors (Lipinski definition) is 4. The molecule has 1 atom stereocenters. The average molecular weight is 314 g/mol. The van der Waals surface area contributed by atoms with Crippen LogP contribution in [0.4, 0.5) is 0 Å². The fourth-order valence-electron chi connectivity index (χ4n) is 2.18. The first-order valence-electron chi connectivity index (χ1n) is 7.07. The Hall–Kier alpha value is -1.36. The molecule has 108 valence electrons. The molecule has 1 aromatic carbocycles. The normalized spacial score (nSPS) is 12.6. The van der Waals surface area contributed by atoms with E-state index >= 15 is 0 Å². The quantitative estimate of drug-likeness (QED) is 0.525. The van der Waals surface area contributed by atoms with Gasteiger partial charge in [0.15, 0.2) is 0 Å². The van der Waals surface area contributed by atoms with E-state index in [2.05, 4.69) is 65.1 Å². The topological polar surface area (TPSA) is 24.9 Å². The first-order valence-corrected chi connectivity index (χ1v) is 8.94. The van der Waals surface area contributed by atoms with Gasteiger partial charge in [-0.05, 0) is 42.1 Å². The molecule has 2 aromatic heterocycles. The van der Waals surface area contributed by atoms with Crippen LogP contribution in [0.5, 0.6) is 0 Å². The average Bonchev–Trinajstić information content (AvgIpc) is 3.00. The second-order valence-corrected chi connectivity index (χ2v) is 7.03. The van der Waals surface area contributed by atoms with Gasteiger partial charge in [0.05, 0.1) is 10.2 Å². The Kier molecular flexibility index (Phi) is 4.91. The molecule has 0 fully saturated rings. The first kappa shape index (κ1) is 14.6. The summed E-state index contributed by atoms with van der Waals surface area (Å²) in [5, 5.41) is 5.66. The van der Waals surface area contributed by atoms with Crippen LogP contribution < -0.4 is 5.32 Å². The van der Waals surface area contributed by atoms with E-state index < -0.39 is 0 Å². The lowest BCUT2D eigenvalue weighted by molar-refractivity contribution is 0.600. The van der Waals surface area contributed by atoms with Crippen LogP contribution in [0.2, 0.25) is 0 Å². The summed E-state index contributed by atoms with van der Waals surface area (Å²) in [6.07, 6.45) is 1.98. The Balaban J connectivity index is 1.50. The maximum Gasteiger partial charge on any atom is 0.0809 e. The standard InChI is InChI=1S/C17H18N2S2/c1-13(14-11-17-16(19-12-14)7-9-21-17)18-8-10-20-15-5-3-2-4-6-15/h2-7,9,11-13,18H,8,10H2,1H3. The minimum absolute atomic E-state index is 0.334. The molecule has 2 nitrogen and oxygen atoms in total. The molecule has 3 aromatic rings. The van der Waals surface area contributed by atoms with Gasteiger partial charge in [-0.2, -0.15) is 0 Å². The summed E-state index contributed by atoms with van der Waals surface area (Å²) in [7, 11) is 0. The number of nitrogens with one attached hydrogen (secondary N) is 1. The highest BCUT2D eigenvalue weighted by Crippen LogP contribution is 2.22. The van der Waals surface area contributed by atoms with Crippen LogP contribution in [0.15, 0.2) is 58.9 Å². The van der Waals surface area contributed by atoms with E-state index in [9.17, 15) is 0 Å². The van der Waals surface area contributed by atoms with Crippen LogP contribution in [0.3, 0.4) is 0 Å². The molecule has 3 rings (SSSR count). The summed E-state index contributed by atoms with van der Waals surface area (Å²) in [4.78, 5) is 5.83. The predicted molar refractivity (Wildman–Crippen MR) is 93.2 cm³/mol. The maximum atomic E-state index is 4.50. The fourth-order valence-corrected chi connectivity index (χ4v) is 3.77. The number of nitrogens with zero attached hydrogens (tertiary/aromatic N) is 1. The number of thiophene rings is 1. The molecule has 0 bridgehead atoms. The van der Waals surface area contributed by atoms with E-state index in [0.717, 1.165) is 17.8 Å². The zero-order valence-electron chi connectivity index (χ0n) is 12.0. The van der Waals surface area contributed by atoms with Crippen LogP contribution in [-0.2, 0) is 0 Å². The van der Waals surface area contributed by atoms with Gasteiger partial charge in [-0.25, -0.2) is 0 Å². The number of thioether (sulfide) groups is 1. The van der Waals surface area contributed by atoms with Gasteiger partial charge in [-0.3, -0.25) is 4.98 Å². The second-order valence-electron chi connectivity index (χ2n) is 4.91. The molecule has 1 unspecified atom stereocenters. The van der Waals surface area contributed by atoms with Crippen molar-refractivity contribution in [2.24, 2.45) is 0 Å². The summed E-state index contributed by atoms with van der Waals surface area (Å²) in [6.45, 7) is 3.19. The Morgan fingerprint density at radius 1 is 1.24 bits per heavy atom. The SMILES string of the molecule is CC(NCCSc1ccccc1)c1cnc2ccsc2c1. The molecule has 0 saturated carbocycles. The minimum Gasteiger partial charge on any atom is -0.309 e. The van der Waals surface area contributed by atoms with Gasteiger partial charge in [-0.1, -0.05) is 18.2 Å². The maximum absolute atomic E-state index is 4.50. The molecule has 0 aliphatic rings. The van der Waals surface area contributed by atoms with Crippen molar-refractivity contribution >= 4 is 33.3 Å². The van der Waals surface area contributed by atoms with Gasteiger partial charge in [0.1, 0.15) is 0 Å². The molecule has 1 N–H and O–H groups in total. The van der Waals surface area contributed by atoms with Crippen LogP contribution in [-0.4, -0.2) is 17.3 Å². The summed E-state index contributed by atoms with van der Waals surface area (Å²) in [6, 6.07) is 15.2. The third-order valence-electron chi connectivity index (χ3n) is 3.39. The summed E-state index contributed by atoms with van der Waals surface area (Å²) in [5.74, 6) is 1.07. The summed E-state index contributed by atoms with van der Waals surface area (Å²) >= 11 is 3.64. The first-order chi connectivity index (χ1) is 10.3. The van der Waals surface area contributed by atoms with Crippen molar-refractivity contribution in [2.75, 3.05) is 12.3 Å². The molecule has 0 radical (unpaired) electrons. The Bertz CT molecular complexity index is 694. The van der Waals surface area contributed by atoms with Crippen molar-refractivity contribution < 1.29 is 0 Å². The van der Waals surface area contributed by atoms with Gasteiger partial charge in [-0.15, -0.1) is 23.1 Å². The summed E-state index contributed by atoms with van der Waals surface area (Å²) in [5.41, 5.74) is 2.35. The van der Waals surface area contributed by atoms with Crippen LogP contribution >= 0.6 is 23.1 Å². The fraction of sp³-hybridized carbons (Fsp3) is 0.235. The van der Waals surface area contributed by atoms with E-state index in [1.807, 2.05) is 18.0 Å². The highest BCUT2D eigenvalue weighted by atomic mass is 32.2. The summed E-state index contributed by atoms with van der Waals surface area (Å²) < 4.78 is 1.26. The van der Waals surface area contributed by atoms with E-state index in [1.54, 1.807) is 11.3 Å². The Labute approximate surface area is 133 Å². The van der Waals surface area contributed by atoms with E-state index in [1.165, 1.54) is 15.2 Å². The number of hydrogen-bond donors (Lipinski definition) is 1. The Morgan fingerprint density at radius 2 is 2.10 bits per heavy atom. The third-order valence-corrected chi connectivity index (χ3v) is 5.26. The molecule has 0 amide bonds. The van der Waals surface area contributed by atoms with Gasteiger partial charge in [0.2, 0.25) is 0 Å². The molecular formula is C17H18N2S2. The number of fused-ring (bicyclic) bond motifs is 1. The highest BCUT2D eigenvalue weighted by Gasteiger charge is 2.06. The molecule has 2 heterocycles. The lowest BCUT2D eigenvalue weighted by Crippen LogP contribution is -2.21. The van der Waals surface area contributed by atoms with Gasteiger partial charge >= 0.3 is 0 Å². The van der Waals surface area contributed by atoms with Crippen molar-refractivity contribution in [3.63, 3.8) is 0 Å². The van der Waals surface area contributed by atoms with Crippen molar-refractivity contribution in [1.29, 1.82) is 0 Å². The molecule has 0 aliphatic heterocycles. The van der Waals surface area contributed by atoms with Crippen LogP contribution in [0, 0.1) is 0 Å². The van der Waals surface area contributed by atoms with Crippen molar-refractivity contribution in [2.45, 2.75) is 17.9 Å². The van der Waals surface area contributed by atoms with Gasteiger partial charge in [0.25, 0.3) is 0 Å². The van der Waals surface area contributed by atoms with E-state index in [-0.39, 0.29) is 0 Å². The minimum atomic E-state index is 0.334. The largest absolute Gasteiger partial charge is 0.309 e. The van der Waals surface area contributed by atoms with Crippen LogP contribution in [0.25, 0.3) is 10.2 Å². The molecule has 0 saturated heterocycles. The second kappa shape index (κ2) is 7.07. The Morgan fingerprint density at radius 3 is 2.95 bits per heavy atom. The lowest BCUT2D eigenvalue weighted by atomic mass is 10.1. The van der Waals surface area contributed by atoms with Gasteiger partial charge < -0.3 is 5.32 Å². The number of benzene rings is 1. The predicted octanol–water partition coefficient (Wildman–Crippen LogP) is 4.74. The number of pyridine rings is 1. The molecule has 0 aliphatic carbocycles. The van der Waals surface area contributed by atoms with E-state index in [0.29, 0.717) is 6.04 Å². The molecule has 4 heteroatoms. The zero-order valence-corrected chi connectivity index (χ0v) is 13.6.